The minimum atomic E-state index is 0.697. The van der Waals surface area contributed by atoms with E-state index in [0.717, 1.165) is 11.8 Å². The maximum absolute atomic E-state index is 2.37. The zero-order valence-corrected chi connectivity index (χ0v) is 8.59. The molecule has 0 spiro atoms. The van der Waals surface area contributed by atoms with Crippen LogP contribution in [-0.2, 0) is 0 Å². The van der Waals surface area contributed by atoms with Gasteiger partial charge in [-0.2, -0.15) is 0 Å². The largest absolute Gasteiger partial charge is 0.0857 e. The minimum absolute atomic E-state index is 0.697. The Balaban J connectivity index is 3.87. The van der Waals surface area contributed by atoms with E-state index < -0.39 is 0 Å². The Morgan fingerprint density at radius 3 is 1.82 bits per heavy atom. The fourth-order valence-corrected chi connectivity index (χ4v) is 1.19. The van der Waals surface area contributed by atoms with Crippen molar-refractivity contribution in [3.63, 3.8) is 0 Å². The van der Waals surface area contributed by atoms with Gasteiger partial charge in [0.05, 0.1) is 0 Å². The number of hydrogen-bond donors (Lipinski definition) is 0. The minimum Gasteiger partial charge on any atom is -0.0857 e. The highest BCUT2D eigenvalue weighted by Crippen LogP contribution is 2.16. The van der Waals surface area contributed by atoms with Gasteiger partial charge in [0.25, 0.3) is 0 Å². The van der Waals surface area contributed by atoms with Gasteiger partial charge in [-0.25, -0.2) is 0 Å². The summed E-state index contributed by atoms with van der Waals surface area (Å²) in [5.41, 5.74) is 0. The van der Waals surface area contributed by atoms with Crippen LogP contribution < -0.4 is 0 Å². The van der Waals surface area contributed by atoms with Gasteiger partial charge in [-0.1, -0.05) is 46.8 Å². The predicted molar refractivity (Wildman–Crippen MR) is 52.6 cm³/mol. The Labute approximate surface area is 71.7 Å². The van der Waals surface area contributed by atoms with Gasteiger partial charge in [0.15, 0.2) is 0 Å². The Hall–Kier alpha value is -0.260. The van der Waals surface area contributed by atoms with Crippen molar-refractivity contribution in [3.8, 4) is 0 Å². The summed E-state index contributed by atoms with van der Waals surface area (Å²) in [5, 5.41) is 0. The molecule has 0 heteroatoms. The molecule has 0 aromatic rings. The molecular formula is C11H22. The molecule has 11 heavy (non-hydrogen) atoms. The van der Waals surface area contributed by atoms with Crippen LogP contribution in [-0.4, -0.2) is 0 Å². The molecule has 0 aliphatic rings. The monoisotopic (exact) mass is 154 g/mol. The van der Waals surface area contributed by atoms with Crippen LogP contribution in [0.4, 0.5) is 0 Å². The van der Waals surface area contributed by atoms with Crippen LogP contribution in [0.2, 0.25) is 0 Å². The average Bonchev–Trinajstić information content (AvgIpc) is 1.87. The first-order valence-corrected chi connectivity index (χ1v) is 4.76. The van der Waals surface area contributed by atoms with E-state index in [9.17, 15) is 0 Å². The third kappa shape index (κ3) is 5.06. The molecule has 0 aliphatic heterocycles. The highest BCUT2D eigenvalue weighted by molar-refractivity contribution is 4.90. The van der Waals surface area contributed by atoms with Crippen LogP contribution in [0.3, 0.4) is 0 Å². The van der Waals surface area contributed by atoms with Crippen LogP contribution in [0.1, 0.15) is 41.0 Å². The van der Waals surface area contributed by atoms with E-state index in [-0.39, 0.29) is 0 Å². The Kier molecular flexibility index (Phi) is 5.27. The van der Waals surface area contributed by atoms with Crippen molar-refractivity contribution >= 4 is 0 Å². The molecule has 0 bridgehead atoms. The van der Waals surface area contributed by atoms with E-state index in [1.807, 2.05) is 0 Å². The number of rotatable bonds is 4. The predicted octanol–water partition coefficient (Wildman–Crippen LogP) is 3.88. The van der Waals surface area contributed by atoms with Gasteiger partial charge >= 0.3 is 0 Å². The second kappa shape index (κ2) is 5.40. The quantitative estimate of drug-likeness (QED) is 0.539. The van der Waals surface area contributed by atoms with E-state index in [4.69, 9.17) is 0 Å². The maximum Gasteiger partial charge on any atom is -0.0213 e. The Bertz CT molecular complexity index is 109. The maximum atomic E-state index is 2.37. The first kappa shape index (κ1) is 10.7. The van der Waals surface area contributed by atoms with Crippen LogP contribution in [0.15, 0.2) is 12.2 Å². The standard InChI is InChI=1S/C11H22/c1-6-11(10(4)5)8-7-9(2)3/h7-11H,6H2,1-5H3/b8-7+. The fourth-order valence-electron chi connectivity index (χ4n) is 1.19. The summed E-state index contributed by atoms with van der Waals surface area (Å²) in [6.45, 7) is 11.3. The molecule has 1 unspecified atom stereocenters. The second-order valence-corrected chi connectivity index (χ2v) is 3.95. The van der Waals surface area contributed by atoms with Crippen molar-refractivity contribution in [2.45, 2.75) is 41.0 Å². The summed E-state index contributed by atoms with van der Waals surface area (Å²) in [4.78, 5) is 0. The summed E-state index contributed by atoms with van der Waals surface area (Å²) < 4.78 is 0. The van der Waals surface area contributed by atoms with E-state index in [0.29, 0.717) is 5.92 Å². The van der Waals surface area contributed by atoms with Crippen molar-refractivity contribution in [3.05, 3.63) is 12.2 Å². The summed E-state index contributed by atoms with van der Waals surface area (Å²) >= 11 is 0. The molecule has 66 valence electrons. The third-order valence-electron chi connectivity index (χ3n) is 2.07. The Morgan fingerprint density at radius 2 is 1.55 bits per heavy atom. The van der Waals surface area contributed by atoms with Crippen molar-refractivity contribution < 1.29 is 0 Å². The van der Waals surface area contributed by atoms with Gasteiger partial charge in [0, 0.05) is 0 Å². The highest BCUT2D eigenvalue weighted by atomic mass is 14.1. The zero-order chi connectivity index (χ0) is 8.85. The number of hydrogen-bond acceptors (Lipinski definition) is 0. The lowest BCUT2D eigenvalue weighted by molar-refractivity contribution is 0.451. The van der Waals surface area contributed by atoms with E-state index in [2.05, 4.69) is 46.8 Å². The number of allylic oxidation sites excluding steroid dienone is 2. The van der Waals surface area contributed by atoms with Crippen molar-refractivity contribution in [2.75, 3.05) is 0 Å². The first-order chi connectivity index (χ1) is 5.07. The first-order valence-electron chi connectivity index (χ1n) is 4.76. The second-order valence-electron chi connectivity index (χ2n) is 3.95. The summed E-state index contributed by atoms with van der Waals surface area (Å²) in [7, 11) is 0. The fraction of sp³-hybridized carbons (Fsp3) is 0.818. The molecule has 0 amide bonds. The van der Waals surface area contributed by atoms with Crippen molar-refractivity contribution in [1.29, 1.82) is 0 Å². The summed E-state index contributed by atoms with van der Waals surface area (Å²) in [5.74, 6) is 2.26. The van der Waals surface area contributed by atoms with Crippen LogP contribution >= 0.6 is 0 Å². The molecule has 0 aliphatic carbocycles. The molecule has 0 saturated heterocycles. The lowest BCUT2D eigenvalue weighted by atomic mass is 9.92. The zero-order valence-electron chi connectivity index (χ0n) is 8.59. The van der Waals surface area contributed by atoms with Crippen LogP contribution in [0, 0.1) is 17.8 Å². The molecule has 0 nitrogen and oxygen atoms in total. The van der Waals surface area contributed by atoms with Gasteiger partial charge in [-0.05, 0) is 24.2 Å². The SMILES string of the molecule is CCC(/C=C/C(C)C)C(C)C. The van der Waals surface area contributed by atoms with Crippen LogP contribution in [0.5, 0.6) is 0 Å². The molecule has 0 aromatic carbocycles. The third-order valence-corrected chi connectivity index (χ3v) is 2.07. The molecule has 1 atom stereocenters. The van der Waals surface area contributed by atoms with Gasteiger partial charge in [-0.15, -0.1) is 0 Å². The van der Waals surface area contributed by atoms with Crippen molar-refractivity contribution in [1.82, 2.24) is 0 Å². The summed E-state index contributed by atoms with van der Waals surface area (Å²) in [6, 6.07) is 0. The molecule has 0 saturated carbocycles. The molecule has 0 N–H and O–H groups in total. The Morgan fingerprint density at radius 1 is 1.00 bits per heavy atom. The lowest BCUT2D eigenvalue weighted by Crippen LogP contribution is -2.03. The molecule has 0 heterocycles. The van der Waals surface area contributed by atoms with Gasteiger partial charge in [0.1, 0.15) is 0 Å². The smallest absolute Gasteiger partial charge is 0.0213 e. The molecular weight excluding hydrogens is 132 g/mol. The van der Waals surface area contributed by atoms with Crippen molar-refractivity contribution in [2.24, 2.45) is 17.8 Å². The highest BCUT2D eigenvalue weighted by Gasteiger charge is 2.05. The lowest BCUT2D eigenvalue weighted by Gasteiger charge is -2.14. The van der Waals surface area contributed by atoms with Crippen LogP contribution in [0.25, 0.3) is 0 Å². The molecule has 0 radical (unpaired) electrons. The van der Waals surface area contributed by atoms with Gasteiger partial charge in [0.2, 0.25) is 0 Å². The van der Waals surface area contributed by atoms with E-state index in [1.165, 1.54) is 6.42 Å². The normalized spacial score (nSPS) is 15.2. The molecule has 0 rings (SSSR count). The molecule has 0 fully saturated rings. The van der Waals surface area contributed by atoms with Gasteiger partial charge < -0.3 is 0 Å². The van der Waals surface area contributed by atoms with E-state index >= 15 is 0 Å². The average molecular weight is 154 g/mol. The topological polar surface area (TPSA) is 0 Å². The summed E-state index contributed by atoms with van der Waals surface area (Å²) in [6.07, 6.45) is 5.95. The van der Waals surface area contributed by atoms with Gasteiger partial charge in [-0.3, -0.25) is 0 Å². The van der Waals surface area contributed by atoms with E-state index in [1.54, 1.807) is 0 Å². The molecule has 0 aromatic heterocycles.